The first-order chi connectivity index (χ1) is 5.93. The van der Waals surface area contributed by atoms with Crippen LogP contribution in [0, 0.1) is 0 Å². The van der Waals surface area contributed by atoms with E-state index in [0.717, 1.165) is 13.0 Å². The molecule has 0 unspecified atom stereocenters. The van der Waals surface area contributed by atoms with Gasteiger partial charge in [-0.25, -0.2) is 4.57 Å². The topological polar surface area (TPSA) is 3.88 Å². The number of nitrogens with zero attached hydrogens (tertiary/aromatic N) is 1. The van der Waals surface area contributed by atoms with E-state index in [9.17, 15) is 0 Å². The van der Waals surface area contributed by atoms with Gasteiger partial charge in [-0.15, -0.1) is 6.58 Å². The second kappa shape index (κ2) is 8.23. The summed E-state index contributed by atoms with van der Waals surface area (Å²) >= 11 is 0. The van der Waals surface area contributed by atoms with Crippen molar-refractivity contribution in [2.45, 2.75) is 25.8 Å². The predicted octanol–water partition coefficient (Wildman–Crippen LogP) is -0.666. The molecule has 13 heavy (non-hydrogen) atoms. The van der Waals surface area contributed by atoms with Gasteiger partial charge in [0.1, 0.15) is 6.54 Å². The number of hydrogen-bond donors (Lipinski definition) is 0. The lowest BCUT2D eigenvalue weighted by Crippen LogP contribution is -3.00. The van der Waals surface area contributed by atoms with Crippen molar-refractivity contribution in [2.75, 3.05) is 0 Å². The first-order valence-corrected chi connectivity index (χ1v) is 4.48. The summed E-state index contributed by atoms with van der Waals surface area (Å²) in [5.41, 5.74) is 0. The van der Waals surface area contributed by atoms with E-state index in [0.29, 0.717) is 0 Å². The molecule has 0 amide bonds. The summed E-state index contributed by atoms with van der Waals surface area (Å²) in [7, 11) is 0. The van der Waals surface area contributed by atoms with Crippen molar-refractivity contribution in [3.05, 3.63) is 43.2 Å². The van der Waals surface area contributed by atoms with Crippen LogP contribution in [0.4, 0.5) is 0 Å². The molecule has 1 aromatic heterocycles. The Morgan fingerprint density at radius 2 is 1.77 bits per heavy atom. The Morgan fingerprint density at radius 1 is 1.08 bits per heavy atom. The molecule has 0 atom stereocenters. The van der Waals surface area contributed by atoms with E-state index in [1.54, 1.807) is 0 Å². The number of pyridine rings is 1. The Balaban J connectivity index is 0.00000144. The summed E-state index contributed by atoms with van der Waals surface area (Å²) in [6.07, 6.45) is 9.80. The Kier molecular flexibility index (Phi) is 7.99. The summed E-state index contributed by atoms with van der Waals surface area (Å²) in [6, 6.07) is 6.17. The number of rotatable bonds is 5. The van der Waals surface area contributed by atoms with Crippen molar-refractivity contribution in [3.8, 4) is 0 Å². The Hall–Kier alpha value is -0.380. The van der Waals surface area contributed by atoms with Gasteiger partial charge in [-0.2, -0.15) is 0 Å². The highest BCUT2D eigenvalue weighted by Crippen LogP contribution is 1.94. The normalized spacial score (nSPS) is 8.92. The maximum Gasteiger partial charge on any atom is 0.168 e. The van der Waals surface area contributed by atoms with E-state index in [1.165, 1.54) is 12.8 Å². The third kappa shape index (κ3) is 5.80. The first kappa shape index (κ1) is 12.6. The molecule has 0 aliphatic carbocycles. The van der Waals surface area contributed by atoms with E-state index >= 15 is 0 Å². The van der Waals surface area contributed by atoms with Gasteiger partial charge < -0.3 is 24.0 Å². The third-order valence-corrected chi connectivity index (χ3v) is 1.85. The van der Waals surface area contributed by atoms with Crippen LogP contribution < -0.4 is 28.5 Å². The van der Waals surface area contributed by atoms with Crippen LogP contribution in [0.3, 0.4) is 0 Å². The summed E-state index contributed by atoms with van der Waals surface area (Å²) in [4.78, 5) is 0. The summed E-state index contributed by atoms with van der Waals surface area (Å²) < 4.78 is 2.21. The molecule has 1 heterocycles. The van der Waals surface area contributed by atoms with Gasteiger partial charge in [0.2, 0.25) is 0 Å². The number of unbranched alkanes of at least 4 members (excludes halogenated alkanes) is 2. The van der Waals surface area contributed by atoms with Crippen molar-refractivity contribution in [3.63, 3.8) is 0 Å². The van der Waals surface area contributed by atoms with Crippen LogP contribution in [0.2, 0.25) is 0 Å². The fourth-order valence-corrected chi connectivity index (χ4v) is 1.17. The van der Waals surface area contributed by atoms with Crippen molar-refractivity contribution >= 4 is 0 Å². The molecule has 1 nitrogen and oxygen atoms in total. The molecule has 0 aromatic carbocycles. The Labute approximate surface area is 97.5 Å². The molecule has 0 radical (unpaired) electrons. The number of aryl methyl sites for hydroxylation is 1. The molecule has 0 saturated heterocycles. The summed E-state index contributed by atoms with van der Waals surface area (Å²) in [6.45, 7) is 4.82. The SMILES string of the molecule is C=CCCCC[n+]1ccccc1.[I-]. The number of halogens is 1. The predicted molar refractivity (Wildman–Crippen MR) is 50.7 cm³/mol. The lowest BCUT2D eigenvalue weighted by molar-refractivity contribution is -0.697. The molecule has 1 aromatic rings. The van der Waals surface area contributed by atoms with Gasteiger partial charge in [0.05, 0.1) is 0 Å². The smallest absolute Gasteiger partial charge is 0.168 e. The van der Waals surface area contributed by atoms with Crippen LogP contribution in [0.5, 0.6) is 0 Å². The quantitative estimate of drug-likeness (QED) is 0.293. The van der Waals surface area contributed by atoms with E-state index in [1.807, 2.05) is 12.1 Å². The van der Waals surface area contributed by atoms with Crippen LogP contribution in [-0.4, -0.2) is 0 Å². The highest BCUT2D eigenvalue weighted by molar-refractivity contribution is 4.83. The lowest BCUT2D eigenvalue weighted by Gasteiger charge is -1.94. The fourth-order valence-electron chi connectivity index (χ4n) is 1.17. The molecule has 0 fully saturated rings. The van der Waals surface area contributed by atoms with E-state index in [2.05, 4.69) is 35.7 Å². The van der Waals surface area contributed by atoms with E-state index in [-0.39, 0.29) is 24.0 Å². The molecule has 0 bridgehead atoms. The van der Waals surface area contributed by atoms with Crippen molar-refractivity contribution in [2.24, 2.45) is 0 Å². The van der Waals surface area contributed by atoms with Gasteiger partial charge in [0.25, 0.3) is 0 Å². The minimum atomic E-state index is 0. The van der Waals surface area contributed by atoms with Crippen LogP contribution in [-0.2, 0) is 6.54 Å². The van der Waals surface area contributed by atoms with Crippen molar-refractivity contribution < 1.29 is 28.5 Å². The molecule has 2 heteroatoms. The molecular formula is C11H16IN. The summed E-state index contributed by atoms with van der Waals surface area (Å²) in [5, 5.41) is 0. The standard InChI is InChI=1S/C11H16N.HI/c1-2-3-4-6-9-12-10-7-5-8-11-12;/h2,5,7-8,10-11H,1,3-4,6,9H2;1H/q+1;/p-1. The maximum absolute atomic E-state index is 3.70. The second-order valence-corrected chi connectivity index (χ2v) is 2.90. The number of allylic oxidation sites excluding steroid dienone is 1. The zero-order valence-electron chi connectivity index (χ0n) is 7.82. The molecule has 0 aliphatic heterocycles. The first-order valence-electron chi connectivity index (χ1n) is 4.48. The fraction of sp³-hybridized carbons (Fsp3) is 0.364. The third-order valence-electron chi connectivity index (χ3n) is 1.85. The number of hydrogen-bond acceptors (Lipinski definition) is 0. The average molecular weight is 289 g/mol. The van der Waals surface area contributed by atoms with Crippen molar-refractivity contribution in [1.29, 1.82) is 0 Å². The van der Waals surface area contributed by atoms with Crippen LogP contribution >= 0.6 is 0 Å². The monoisotopic (exact) mass is 289 g/mol. The molecule has 1 rings (SSSR count). The molecular weight excluding hydrogens is 273 g/mol. The largest absolute Gasteiger partial charge is 1.00 e. The van der Waals surface area contributed by atoms with E-state index in [4.69, 9.17) is 0 Å². The van der Waals surface area contributed by atoms with Gasteiger partial charge in [0.15, 0.2) is 12.4 Å². The van der Waals surface area contributed by atoms with Crippen LogP contribution in [0.1, 0.15) is 19.3 Å². The zero-order valence-corrected chi connectivity index (χ0v) is 9.98. The molecule has 0 saturated carbocycles. The van der Waals surface area contributed by atoms with Crippen LogP contribution in [0.15, 0.2) is 43.2 Å². The molecule has 72 valence electrons. The maximum atomic E-state index is 3.70. The minimum absolute atomic E-state index is 0. The average Bonchev–Trinajstić information content (AvgIpc) is 2.14. The summed E-state index contributed by atoms with van der Waals surface area (Å²) in [5.74, 6) is 0. The molecule has 0 spiro atoms. The highest BCUT2D eigenvalue weighted by atomic mass is 127. The lowest BCUT2D eigenvalue weighted by atomic mass is 10.2. The van der Waals surface area contributed by atoms with Gasteiger partial charge in [-0.1, -0.05) is 12.1 Å². The van der Waals surface area contributed by atoms with Gasteiger partial charge >= 0.3 is 0 Å². The highest BCUT2D eigenvalue weighted by Gasteiger charge is 1.95. The minimum Gasteiger partial charge on any atom is -1.00 e. The second-order valence-electron chi connectivity index (χ2n) is 2.90. The molecule has 0 N–H and O–H groups in total. The van der Waals surface area contributed by atoms with Gasteiger partial charge in [-0.3, -0.25) is 0 Å². The van der Waals surface area contributed by atoms with Gasteiger partial charge in [0, 0.05) is 18.6 Å². The number of aromatic nitrogens is 1. The molecule has 0 aliphatic rings. The van der Waals surface area contributed by atoms with Crippen LogP contribution in [0.25, 0.3) is 0 Å². The van der Waals surface area contributed by atoms with E-state index < -0.39 is 0 Å². The Bertz CT molecular complexity index is 221. The zero-order chi connectivity index (χ0) is 8.65. The van der Waals surface area contributed by atoms with Gasteiger partial charge in [-0.05, 0) is 12.8 Å². The Morgan fingerprint density at radius 3 is 2.38 bits per heavy atom. The van der Waals surface area contributed by atoms with Crippen molar-refractivity contribution in [1.82, 2.24) is 0 Å².